The Morgan fingerprint density at radius 1 is 1.47 bits per heavy atom. The molecule has 0 amide bonds. The summed E-state index contributed by atoms with van der Waals surface area (Å²) in [7, 11) is 0. The maximum atomic E-state index is 3.99. The zero-order chi connectivity index (χ0) is 11.4. The van der Waals surface area contributed by atoms with Gasteiger partial charge in [-0.2, -0.15) is 0 Å². The van der Waals surface area contributed by atoms with Crippen molar-refractivity contribution in [1.82, 2.24) is 0 Å². The molecule has 0 aromatic rings. The molecule has 0 radical (unpaired) electrons. The van der Waals surface area contributed by atoms with Crippen molar-refractivity contribution in [3.63, 3.8) is 0 Å². The van der Waals surface area contributed by atoms with Crippen LogP contribution in [0.4, 0.5) is 0 Å². The molecule has 0 spiro atoms. The van der Waals surface area contributed by atoms with Crippen LogP contribution in [0, 0.1) is 5.92 Å². The Kier molecular flexibility index (Phi) is 4.38. The molecule has 0 fully saturated rings. The zero-order valence-corrected chi connectivity index (χ0v) is 10.7. The minimum absolute atomic E-state index is 0.901. The van der Waals surface area contributed by atoms with Gasteiger partial charge in [-0.1, -0.05) is 37.1 Å². The van der Waals surface area contributed by atoms with Crippen molar-refractivity contribution in [3.05, 3.63) is 34.9 Å². The third-order valence-corrected chi connectivity index (χ3v) is 3.63. The van der Waals surface area contributed by atoms with Gasteiger partial charge in [0.25, 0.3) is 0 Å². The van der Waals surface area contributed by atoms with E-state index in [2.05, 4.69) is 40.3 Å². The van der Waals surface area contributed by atoms with Crippen LogP contribution < -0.4 is 0 Å². The van der Waals surface area contributed by atoms with E-state index in [1.54, 1.807) is 11.1 Å². The first-order valence-corrected chi connectivity index (χ1v) is 6.07. The third kappa shape index (κ3) is 3.37. The Morgan fingerprint density at radius 3 is 2.67 bits per heavy atom. The Bertz CT molecular complexity index is 302. The number of allylic oxidation sites excluding steroid dienone is 5. The van der Waals surface area contributed by atoms with Gasteiger partial charge in [0.05, 0.1) is 0 Å². The molecule has 0 saturated carbocycles. The molecule has 0 aromatic carbocycles. The van der Waals surface area contributed by atoms with E-state index in [9.17, 15) is 0 Å². The first-order valence-electron chi connectivity index (χ1n) is 6.07. The molecular weight excluding hydrogens is 180 g/mol. The van der Waals surface area contributed by atoms with Crippen LogP contribution in [0.3, 0.4) is 0 Å². The molecule has 0 N–H and O–H groups in total. The lowest BCUT2D eigenvalue weighted by atomic mass is 9.82. The zero-order valence-electron chi connectivity index (χ0n) is 10.7. The summed E-state index contributed by atoms with van der Waals surface area (Å²) in [4.78, 5) is 0. The molecule has 1 atom stereocenters. The lowest BCUT2D eigenvalue weighted by molar-refractivity contribution is 0.446. The van der Waals surface area contributed by atoms with Crippen LogP contribution in [-0.4, -0.2) is 0 Å². The van der Waals surface area contributed by atoms with Gasteiger partial charge in [-0.05, 0) is 57.1 Å². The van der Waals surface area contributed by atoms with E-state index < -0.39 is 0 Å². The smallest absolute Gasteiger partial charge is 0.0251 e. The lowest BCUT2D eigenvalue weighted by Crippen LogP contribution is -2.07. The topological polar surface area (TPSA) is 0 Å². The summed E-state index contributed by atoms with van der Waals surface area (Å²) >= 11 is 0. The second kappa shape index (κ2) is 5.34. The van der Waals surface area contributed by atoms with Crippen LogP contribution in [0.25, 0.3) is 0 Å². The standard InChI is InChI=1S/C15H24/c1-6-14-8-7-12(4)15(10-14)9-13(5)11(2)3/h9,14H,2,6-8,10H2,1,3-5H3/b13-9-/t14-/m0/s1. The number of rotatable bonds is 3. The van der Waals surface area contributed by atoms with Gasteiger partial charge in [-0.25, -0.2) is 0 Å². The summed E-state index contributed by atoms with van der Waals surface area (Å²) in [5.74, 6) is 0.901. The van der Waals surface area contributed by atoms with E-state index in [1.807, 2.05) is 0 Å². The van der Waals surface area contributed by atoms with Gasteiger partial charge in [-0.3, -0.25) is 0 Å². The molecule has 0 bridgehead atoms. The van der Waals surface area contributed by atoms with Crippen molar-refractivity contribution >= 4 is 0 Å². The molecule has 0 heterocycles. The molecule has 84 valence electrons. The van der Waals surface area contributed by atoms with Crippen molar-refractivity contribution in [2.45, 2.75) is 53.4 Å². The van der Waals surface area contributed by atoms with Crippen LogP contribution >= 0.6 is 0 Å². The Hall–Kier alpha value is -0.780. The highest BCUT2D eigenvalue weighted by molar-refractivity contribution is 5.36. The summed E-state index contributed by atoms with van der Waals surface area (Å²) in [5, 5.41) is 0. The SMILES string of the molecule is C=C(C)/C(C)=C\C1=C(C)CC[C@H](CC)C1. The molecule has 0 saturated heterocycles. The van der Waals surface area contributed by atoms with E-state index in [1.165, 1.54) is 36.8 Å². The van der Waals surface area contributed by atoms with Gasteiger partial charge in [0, 0.05) is 0 Å². The van der Waals surface area contributed by atoms with Gasteiger partial charge in [0.2, 0.25) is 0 Å². The predicted molar refractivity (Wildman–Crippen MR) is 68.9 cm³/mol. The molecule has 15 heavy (non-hydrogen) atoms. The average Bonchev–Trinajstić information content (AvgIpc) is 2.21. The minimum atomic E-state index is 0.901. The molecule has 0 heteroatoms. The van der Waals surface area contributed by atoms with Crippen molar-refractivity contribution in [1.29, 1.82) is 0 Å². The van der Waals surface area contributed by atoms with Gasteiger partial charge >= 0.3 is 0 Å². The van der Waals surface area contributed by atoms with Crippen LogP contribution in [-0.2, 0) is 0 Å². The largest absolute Gasteiger partial charge is 0.0958 e. The van der Waals surface area contributed by atoms with Crippen LogP contribution in [0.1, 0.15) is 53.4 Å². The molecule has 0 aliphatic heterocycles. The first kappa shape index (κ1) is 12.3. The second-order valence-electron chi connectivity index (χ2n) is 4.93. The fourth-order valence-corrected chi connectivity index (χ4v) is 2.08. The molecule has 0 unspecified atom stereocenters. The number of hydrogen-bond donors (Lipinski definition) is 0. The molecule has 1 aliphatic rings. The Balaban J connectivity index is 2.83. The average molecular weight is 204 g/mol. The predicted octanol–water partition coefficient (Wildman–Crippen LogP) is 5.04. The maximum absolute atomic E-state index is 3.99. The van der Waals surface area contributed by atoms with Gasteiger partial charge in [0.1, 0.15) is 0 Å². The summed E-state index contributed by atoms with van der Waals surface area (Å²) in [5.41, 5.74) is 5.67. The fraction of sp³-hybridized carbons (Fsp3) is 0.600. The van der Waals surface area contributed by atoms with Crippen molar-refractivity contribution in [3.8, 4) is 0 Å². The highest BCUT2D eigenvalue weighted by Crippen LogP contribution is 2.32. The summed E-state index contributed by atoms with van der Waals surface area (Å²) in [6.45, 7) is 12.8. The van der Waals surface area contributed by atoms with Crippen LogP contribution in [0.2, 0.25) is 0 Å². The van der Waals surface area contributed by atoms with E-state index in [4.69, 9.17) is 0 Å². The Labute approximate surface area is 94.8 Å². The minimum Gasteiger partial charge on any atom is -0.0958 e. The Morgan fingerprint density at radius 2 is 2.13 bits per heavy atom. The van der Waals surface area contributed by atoms with E-state index in [0.29, 0.717) is 0 Å². The molecule has 1 aliphatic carbocycles. The molecule has 1 rings (SSSR count). The molecule has 0 aromatic heterocycles. The first-order chi connectivity index (χ1) is 7.04. The summed E-state index contributed by atoms with van der Waals surface area (Å²) < 4.78 is 0. The summed E-state index contributed by atoms with van der Waals surface area (Å²) in [6, 6.07) is 0. The normalized spacial score (nSPS) is 23.2. The van der Waals surface area contributed by atoms with E-state index in [0.717, 1.165) is 5.92 Å². The maximum Gasteiger partial charge on any atom is -0.0251 e. The highest BCUT2D eigenvalue weighted by Gasteiger charge is 2.16. The number of hydrogen-bond acceptors (Lipinski definition) is 0. The monoisotopic (exact) mass is 204 g/mol. The van der Waals surface area contributed by atoms with Crippen molar-refractivity contribution < 1.29 is 0 Å². The van der Waals surface area contributed by atoms with Crippen LogP contribution in [0.5, 0.6) is 0 Å². The summed E-state index contributed by atoms with van der Waals surface area (Å²) in [6.07, 6.45) is 7.60. The highest BCUT2D eigenvalue weighted by atomic mass is 14.2. The molecule has 0 nitrogen and oxygen atoms in total. The fourth-order valence-electron chi connectivity index (χ4n) is 2.08. The molecular formula is C15H24. The van der Waals surface area contributed by atoms with Gasteiger partial charge in [-0.15, -0.1) is 0 Å². The van der Waals surface area contributed by atoms with E-state index in [-0.39, 0.29) is 0 Å². The third-order valence-electron chi connectivity index (χ3n) is 3.63. The van der Waals surface area contributed by atoms with Crippen molar-refractivity contribution in [2.75, 3.05) is 0 Å². The van der Waals surface area contributed by atoms with Gasteiger partial charge < -0.3 is 0 Å². The lowest BCUT2D eigenvalue weighted by Gasteiger charge is -2.24. The quantitative estimate of drug-likeness (QED) is 0.565. The van der Waals surface area contributed by atoms with E-state index >= 15 is 0 Å². The second-order valence-corrected chi connectivity index (χ2v) is 4.93. The van der Waals surface area contributed by atoms with Crippen molar-refractivity contribution in [2.24, 2.45) is 5.92 Å². The van der Waals surface area contributed by atoms with Crippen LogP contribution in [0.15, 0.2) is 34.9 Å². The van der Waals surface area contributed by atoms with Gasteiger partial charge in [0.15, 0.2) is 0 Å².